The summed E-state index contributed by atoms with van der Waals surface area (Å²) < 4.78 is 3.43. The van der Waals surface area contributed by atoms with Crippen LogP contribution in [0.1, 0.15) is 26.6 Å². The van der Waals surface area contributed by atoms with Crippen molar-refractivity contribution in [3.05, 3.63) is 81.1 Å². The number of amides is 1. The number of aryl methyl sites for hydroxylation is 1. The largest absolute Gasteiger partial charge is 0.333 e. The first kappa shape index (κ1) is 16.9. The van der Waals surface area contributed by atoms with Gasteiger partial charge in [0.15, 0.2) is 5.13 Å². The Kier molecular flexibility index (Phi) is 3.87. The lowest BCUT2D eigenvalue weighted by Gasteiger charge is -2.27. The Labute approximate surface area is 164 Å². The Morgan fingerprint density at radius 3 is 2.71 bits per heavy atom. The zero-order valence-electron chi connectivity index (χ0n) is 15.2. The molecule has 0 saturated carbocycles. The standard InChI is InChI=1S/C20H17N5O2S/c1-13-17(28-20(21-13)23-8-4-5-9-23)19(27)24-11-7-15-14(12-24)18(26)25-10-3-2-6-16(25)22-15/h2-6,8-10H,7,11-12H2,1H3. The Balaban J connectivity index is 1.49. The van der Waals surface area contributed by atoms with Crippen molar-refractivity contribution in [3.8, 4) is 5.13 Å². The topological polar surface area (TPSA) is 72.5 Å². The number of hydrogen-bond acceptors (Lipinski definition) is 5. The molecule has 7 nitrogen and oxygen atoms in total. The van der Waals surface area contributed by atoms with E-state index in [0.717, 1.165) is 10.8 Å². The van der Waals surface area contributed by atoms with Crippen LogP contribution in [0.4, 0.5) is 0 Å². The quantitative estimate of drug-likeness (QED) is 0.526. The molecule has 1 aliphatic rings. The smallest absolute Gasteiger partial charge is 0.266 e. The molecule has 0 aromatic carbocycles. The number of thiazole rings is 1. The summed E-state index contributed by atoms with van der Waals surface area (Å²) in [6.45, 7) is 2.66. The molecule has 0 unspecified atom stereocenters. The van der Waals surface area contributed by atoms with Gasteiger partial charge in [0.1, 0.15) is 10.5 Å². The first-order valence-corrected chi connectivity index (χ1v) is 9.82. The van der Waals surface area contributed by atoms with Crippen molar-refractivity contribution in [2.45, 2.75) is 19.9 Å². The van der Waals surface area contributed by atoms with Crippen molar-refractivity contribution in [2.24, 2.45) is 0 Å². The van der Waals surface area contributed by atoms with Gasteiger partial charge in [0.25, 0.3) is 11.5 Å². The van der Waals surface area contributed by atoms with Crippen LogP contribution in [0.2, 0.25) is 0 Å². The van der Waals surface area contributed by atoms with Crippen LogP contribution in [-0.2, 0) is 13.0 Å². The Morgan fingerprint density at radius 1 is 1.11 bits per heavy atom. The van der Waals surface area contributed by atoms with Crippen LogP contribution >= 0.6 is 11.3 Å². The fourth-order valence-corrected chi connectivity index (χ4v) is 4.52. The molecule has 8 heteroatoms. The molecule has 4 aromatic heterocycles. The fourth-order valence-electron chi connectivity index (χ4n) is 3.52. The summed E-state index contributed by atoms with van der Waals surface area (Å²) in [7, 11) is 0. The molecule has 140 valence electrons. The monoisotopic (exact) mass is 391 g/mol. The average molecular weight is 391 g/mol. The molecule has 0 radical (unpaired) electrons. The second-order valence-corrected chi connectivity index (χ2v) is 7.73. The number of rotatable bonds is 2. The molecule has 28 heavy (non-hydrogen) atoms. The van der Waals surface area contributed by atoms with Gasteiger partial charge < -0.3 is 9.47 Å². The molecule has 0 atom stereocenters. The van der Waals surface area contributed by atoms with Crippen LogP contribution in [0.3, 0.4) is 0 Å². The van der Waals surface area contributed by atoms with Gasteiger partial charge in [-0.2, -0.15) is 0 Å². The summed E-state index contributed by atoms with van der Waals surface area (Å²) >= 11 is 1.37. The van der Waals surface area contributed by atoms with Gasteiger partial charge in [0.2, 0.25) is 0 Å². The average Bonchev–Trinajstić information content (AvgIpc) is 3.37. The summed E-state index contributed by atoms with van der Waals surface area (Å²) in [4.78, 5) is 37.5. The van der Waals surface area contributed by atoms with Gasteiger partial charge in [-0.25, -0.2) is 9.97 Å². The van der Waals surface area contributed by atoms with Crippen LogP contribution < -0.4 is 5.56 Å². The van der Waals surface area contributed by atoms with E-state index in [1.807, 2.05) is 48.1 Å². The minimum Gasteiger partial charge on any atom is -0.333 e. The molecule has 5 heterocycles. The van der Waals surface area contributed by atoms with Crippen LogP contribution in [0.5, 0.6) is 0 Å². The summed E-state index contributed by atoms with van der Waals surface area (Å²) in [5, 5.41) is 0.760. The molecule has 1 aliphatic heterocycles. The van der Waals surface area contributed by atoms with Crippen LogP contribution in [-0.4, -0.2) is 36.3 Å². The number of carbonyl (C=O) groups excluding carboxylic acids is 1. The molecule has 1 amide bonds. The van der Waals surface area contributed by atoms with Crippen molar-refractivity contribution in [1.29, 1.82) is 0 Å². The maximum atomic E-state index is 13.1. The summed E-state index contributed by atoms with van der Waals surface area (Å²) in [6.07, 6.45) is 6.09. The maximum absolute atomic E-state index is 13.1. The summed E-state index contributed by atoms with van der Waals surface area (Å²) in [5.41, 5.74) is 2.62. The molecular weight excluding hydrogens is 374 g/mol. The number of pyridine rings is 1. The summed E-state index contributed by atoms with van der Waals surface area (Å²) in [6, 6.07) is 9.33. The Morgan fingerprint density at radius 2 is 1.89 bits per heavy atom. The van der Waals surface area contributed by atoms with E-state index in [4.69, 9.17) is 0 Å². The first-order chi connectivity index (χ1) is 13.6. The number of fused-ring (bicyclic) bond motifs is 2. The zero-order chi connectivity index (χ0) is 19.3. The molecular formula is C20H17N5O2S. The molecule has 0 N–H and O–H groups in total. The normalized spacial score (nSPS) is 13.7. The van der Waals surface area contributed by atoms with Crippen molar-refractivity contribution >= 4 is 22.9 Å². The number of nitrogens with zero attached hydrogens (tertiary/aromatic N) is 5. The molecule has 0 fully saturated rings. The highest BCUT2D eigenvalue weighted by Crippen LogP contribution is 2.25. The van der Waals surface area contributed by atoms with E-state index in [2.05, 4.69) is 9.97 Å². The highest BCUT2D eigenvalue weighted by molar-refractivity contribution is 7.16. The highest BCUT2D eigenvalue weighted by Gasteiger charge is 2.28. The third-order valence-corrected chi connectivity index (χ3v) is 6.13. The van der Waals surface area contributed by atoms with E-state index in [0.29, 0.717) is 34.7 Å². The van der Waals surface area contributed by atoms with E-state index < -0.39 is 0 Å². The molecule has 0 saturated heterocycles. The predicted molar refractivity (Wildman–Crippen MR) is 106 cm³/mol. The second kappa shape index (κ2) is 6.42. The van der Waals surface area contributed by atoms with E-state index in [1.165, 1.54) is 15.7 Å². The fraction of sp³-hybridized carbons (Fsp3) is 0.200. The minimum atomic E-state index is -0.104. The SMILES string of the molecule is Cc1nc(-n2cccc2)sc1C(=O)N1CCc2nc3ccccn3c(=O)c2C1. The van der Waals surface area contributed by atoms with Gasteiger partial charge in [-0.3, -0.25) is 14.0 Å². The number of hydrogen-bond donors (Lipinski definition) is 0. The first-order valence-electron chi connectivity index (χ1n) is 9.01. The lowest BCUT2D eigenvalue weighted by atomic mass is 10.1. The zero-order valence-corrected chi connectivity index (χ0v) is 16.0. The van der Waals surface area contributed by atoms with Crippen molar-refractivity contribution in [1.82, 2.24) is 23.8 Å². The van der Waals surface area contributed by atoms with Crippen molar-refractivity contribution < 1.29 is 4.79 Å². The lowest BCUT2D eigenvalue weighted by molar-refractivity contribution is 0.0736. The van der Waals surface area contributed by atoms with Gasteiger partial charge in [-0.1, -0.05) is 17.4 Å². The van der Waals surface area contributed by atoms with Gasteiger partial charge in [-0.15, -0.1) is 0 Å². The van der Waals surface area contributed by atoms with Crippen molar-refractivity contribution in [2.75, 3.05) is 6.54 Å². The Hall–Kier alpha value is -3.26. The van der Waals surface area contributed by atoms with E-state index in [-0.39, 0.29) is 18.0 Å². The van der Waals surface area contributed by atoms with Gasteiger partial charge in [0, 0.05) is 31.6 Å². The second-order valence-electron chi connectivity index (χ2n) is 6.75. The van der Waals surface area contributed by atoms with E-state index in [1.54, 1.807) is 17.2 Å². The van der Waals surface area contributed by atoms with Gasteiger partial charge >= 0.3 is 0 Å². The number of carbonyl (C=O) groups is 1. The third-order valence-electron chi connectivity index (χ3n) is 4.97. The third kappa shape index (κ3) is 2.65. The lowest BCUT2D eigenvalue weighted by Crippen LogP contribution is -2.40. The minimum absolute atomic E-state index is 0.0865. The highest BCUT2D eigenvalue weighted by atomic mass is 32.1. The molecule has 0 bridgehead atoms. The van der Waals surface area contributed by atoms with Gasteiger partial charge in [-0.05, 0) is 31.2 Å². The molecule has 0 aliphatic carbocycles. The molecule has 0 spiro atoms. The van der Waals surface area contributed by atoms with Crippen LogP contribution in [0, 0.1) is 6.92 Å². The number of aromatic nitrogens is 4. The predicted octanol–water partition coefficient (Wildman–Crippen LogP) is 2.45. The molecule has 5 rings (SSSR count). The van der Waals surface area contributed by atoms with Gasteiger partial charge in [0.05, 0.1) is 23.5 Å². The Bertz CT molecular complexity index is 1260. The van der Waals surface area contributed by atoms with Crippen LogP contribution in [0.25, 0.3) is 10.8 Å². The van der Waals surface area contributed by atoms with E-state index >= 15 is 0 Å². The maximum Gasteiger partial charge on any atom is 0.266 e. The summed E-state index contributed by atoms with van der Waals surface area (Å²) in [5.74, 6) is -0.0865. The molecule has 4 aromatic rings. The van der Waals surface area contributed by atoms with E-state index in [9.17, 15) is 9.59 Å². The van der Waals surface area contributed by atoms with Crippen molar-refractivity contribution in [3.63, 3.8) is 0 Å². The van der Waals surface area contributed by atoms with Crippen LogP contribution in [0.15, 0.2) is 53.7 Å².